The average molecular weight is 189 g/mol. The van der Waals surface area contributed by atoms with Gasteiger partial charge in [0.1, 0.15) is 0 Å². The number of carbonyl (C=O) groups is 1. The van der Waals surface area contributed by atoms with Crippen LogP contribution in [-0.2, 0) is 0 Å². The van der Waals surface area contributed by atoms with Crippen LogP contribution in [0, 0.1) is 0 Å². The molecule has 0 aromatic carbocycles. The van der Waals surface area contributed by atoms with E-state index in [0.29, 0.717) is 0 Å². The monoisotopic (exact) mass is 189 g/mol. The van der Waals surface area contributed by atoms with E-state index in [2.05, 4.69) is 22.8 Å². The quantitative estimate of drug-likeness (QED) is 0.562. The van der Waals surface area contributed by atoms with Gasteiger partial charge in [-0.1, -0.05) is 0 Å². The normalized spacial score (nSPS) is 19.3. The lowest BCUT2D eigenvalue weighted by molar-refractivity contribution is 0.153. The van der Waals surface area contributed by atoms with Crippen LogP contribution < -0.4 is 5.32 Å². The minimum absolute atomic E-state index is 0.0221. The third-order valence-electron chi connectivity index (χ3n) is 2.07. The van der Waals surface area contributed by atoms with Gasteiger partial charge in [0.25, 0.3) is 0 Å². The molecule has 0 bridgehead atoms. The van der Waals surface area contributed by atoms with Gasteiger partial charge >= 0.3 is 6.03 Å². The molecule has 0 aliphatic carbocycles. The van der Waals surface area contributed by atoms with E-state index in [1.165, 1.54) is 0 Å². The van der Waals surface area contributed by atoms with Gasteiger partial charge in [0.2, 0.25) is 0 Å². The number of urea groups is 1. The number of carbonyl (C=O) groups excluding carboxylic acids is 1. The minimum atomic E-state index is 0.0221. The first-order valence-corrected chi connectivity index (χ1v) is 4.71. The highest BCUT2D eigenvalue weighted by Crippen LogP contribution is 2.01. The predicted molar refractivity (Wildman–Crippen MR) is 51.5 cm³/mol. The van der Waals surface area contributed by atoms with Crippen molar-refractivity contribution in [2.45, 2.75) is 0 Å². The molecule has 0 unspecified atom stereocenters. The summed E-state index contributed by atoms with van der Waals surface area (Å²) in [6.07, 6.45) is 0. The zero-order valence-electron chi connectivity index (χ0n) is 7.29. The molecule has 0 radical (unpaired) electrons. The Morgan fingerprint density at radius 2 is 2.00 bits per heavy atom. The largest absolute Gasteiger partial charge is 0.341 e. The molecule has 1 aliphatic heterocycles. The van der Waals surface area contributed by atoms with Crippen LogP contribution in [0.15, 0.2) is 0 Å². The maximum absolute atomic E-state index is 11.1. The fourth-order valence-corrected chi connectivity index (χ4v) is 1.53. The molecule has 70 valence electrons. The maximum atomic E-state index is 11.1. The van der Waals surface area contributed by atoms with Crippen LogP contribution >= 0.6 is 12.6 Å². The molecule has 5 heteroatoms. The lowest BCUT2D eigenvalue weighted by atomic mass is 10.3. The lowest BCUT2D eigenvalue weighted by Crippen LogP contribution is -2.50. The van der Waals surface area contributed by atoms with E-state index < -0.39 is 0 Å². The number of piperazine rings is 1. The zero-order chi connectivity index (χ0) is 8.97. The van der Waals surface area contributed by atoms with Gasteiger partial charge in [0, 0.05) is 39.1 Å². The molecule has 1 aliphatic rings. The first kappa shape index (κ1) is 9.67. The Bertz CT molecular complexity index is 157. The van der Waals surface area contributed by atoms with Crippen molar-refractivity contribution in [1.82, 2.24) is 15.1 Å². The number of hydrogen-bond donors (Lipinski definition) is 2. The zero-order valence-corrected chi connectivity index (χ0v) is 8.18. The fraction of sp³-hybridized carbons (Fsp3) is 0.857. The van der Waals surface area contributed by atoms with Crippen LogP contribution in [0.2, 0.25) is 0 Å². The number of amides is 2. The number of nitrogens with one attached hydrogen (secondary N) is 1. The molecule has 12 heavy (non-hydrogen) atoms. The second kappa shape index (κ2) is 4.57. The summed E-state index contributed by atoms with van der Waals surface area (Å²) in [4.78, 5) is 15.2. The summed E-state index contributed by atoms with van der Waals surface area (Å²) in [6.45, 7) is 3.47. The SMILES string of the molecule is CNC(=O)N1CCN(CS)CC1. The molecule has 0 saturated carbocycles. The number of rotatable bonds is 1. The van der Waals surface area contributed by atoms with Gasteiger partial charge in [-0.3, -0.25) is 4.90 Å². The number of hydrogen-bond acceptors (Lipinski definition) is 3. The van der Waals surface area contributed by atoms with Gasteiger partial charge in [-0.25, -0.2) is 4.79 Å². The van der Waals surface area contributed by atoms with Gasteiger partial charge in [-0.15, -0.1) is 0 Å². The summed E-state index contributed by atoms with van der Waals surface area (Å²) in [7, 11) is 1.66. The molecule has 0 aromatic heterocycles. The Labute approximate surface area is 78.3 Å². The van der Waals surface area contributed by atoms with Crippen molar-refractivity contribution < 1.29 is 4.79 Å². The van der Waals surface area contributed by atoms with Crippen molar-refractivity contribution in [2.24, 2.45) is 0 Å². The summed E-state index contributed by atoms with van der Waals surface area (Å²) in [5.74, 6) is 0.779. The number of thiol groups is 1. The first-order chi connectivity index (χ1) is 5.77. The highest BCUT2D eigenvalue weighted by molar-refractivity contribution is 7.80. The summed E-state index contributed by atoms with van der Waals surface area (Å²) in [5.41, 5.74) is 0. The van der Waals surface area contributed by atoms with Crippen molar-refractivity contribution in [3.8, 4) is 0 Å². The Balaban J connectivity index is 2.30. The highest BCUT2D eigenvalue weighted by atomic mass is 32.1. The van der Waals surface area contributed by atoms with Gasteiger partial charge < -0.3 is 10.2 Å². The molecular formula is C7H15N3OS. The van der Waals surface area contributed by atoms with E-state index >= 15 is 0 Å². The molecule has 4 nitrogen and oxygen atoms in total. The molecule has 1 heterocycles. The third-order valence-corrected chi connectivity index (χ3v) is 2.47. The molecule has 1 rings (SSSR count). The van der Waals surface area contributed by atoms with Crippen LogP contribution in [0.3, 0.4) is 0 Å². The summed E-state index contributed by atoms with van der Waals surface area (Å²) < 4.78 is 0. The van der Waals surface area contributed by atoms with Crippen LogP contribution in [0.25, 0.3) is 0 Å². The van der Waals surface area contributed by atoms with E-state index in [4.69, 9.17) is 0 Å². The van der Waals surface area contributed by atoms with Crippen molar-refractivity contribution in [3.63, 3.8) is 0 Å². The summed E-state index contributed by atoms with van der Waals surface area (Å²) in [5, 5.41) is 2.62. The summed E-state index contributed by atoms with van der Waals surface area (Å²) >= 11 is 4.17. The van der Waals surface area contributed by atoms with Gasteiger partial charge in [-0.2, -0.15) is 12.6 Å². The Morgan fingerprint density at radius 1 is 1.42 bits per heavy atom. The molecule has 1 N–H and O–H groups in total. The molecule has 0 aromatic rings. The van der Waals surface area contributed by atoms with Crippen LogP contribution in [0.5, 0.6) is 0 Å². The van der Waals surface area contributed by atoms with Crippen molar-refractivity contribution >= 4 is 18.7 Å². The molecular weight excluding hydrogens is 174 g/mol. The molecule has 1 saturated heterocycles. The Morgan fingerprint density at radius 3 is 2.42 bits per heavy atom. The number of nitrogens with zero attached hydrogens (tertiary/aromatic N) is 2. The first-order valence-electron chi connectivity index (χ1n) is 4.08. The van der Waals surface area contributed by atoms with Gasteiger partial charge in [0.05, 0.1) is 0 Å². The third kappa shape index (κ3) is 2.28. The predicted octanol–water partition coefficient (Wildman–Crippen LogP) is -0.169. The van der Waals surface area contributed by atoms with E-state index in [-0.39, 0.29) is 6.03 Å². The lowest BCUT2D eigenvalue weighted by Gasteiger charge is -2.33. The van der Waals surface area contributed by atoms with Crippen molar-refractivity contribution in [3.05, 3.63) is 0 Å². The van der Waals surface area contributed by atoms with Gasteiger partial charge in [-0.05, 0) is 0 Å². The van der Waals surface area contributed by atoms with E-state index in [1.807, 2.05) is 4.90 Å². The van der Waals surface area contributed by atoms with Crippen LogP contribution in [0.4, 0.5) is 4.79 Å². The standard InChI is InChI=1S/C7H15N3OS/c1-8-7(11)10-4-2-9(6-12)3-5-10/h12H,2-6H2,1H3,(H,8,11). The highest BCUT2D eigenvalue weighted by Gasteiger charge is 2.18. The molecule has 0 atom stereocenters. The average Bonchev–Trinajstić information content (AvgIpc) is 2.17. The molecule has 1 fully saturated rings. The van der Waals surface area contributed by atoms with E-state index in [1.54, 1.807) is 7.05 Å². The molecule has 0 spiro atoms. The van der Waals surface area contributed by atoms with Crippen LogP contribution in [0.1, 0.15) is 0 Å². The van der Waals surface area contributed by atoms with Crippen molar-refractivity contribution in [2.75, 3.05) is 39.1 Å². The second-order valence-electron chi connectivity index (χ2n) is 2.80. The fourth-order valence-electron chi connectivity index (χ4n) is 1.25. The Hall–Kier alpha value is -0.420. The smallest absolute Gasteiger partial charge is 0.317 e. The maximum Gasteiger partial charge on any atom is 0.317 e. The topological polar surface area (TPSA) is 35.6 Å². The van der Waals surface area contributed by atoms with E-state index in [0.717, 1.165) is 32.1 Å². The molecule has 2 amide bonds. The minimum Gasteiger partial charge on any atom is -0.341 e. The van der Waals surface area contributed by atoms with Gasteiger partial charge in [0.15, 0.2) is 0 Å². The second-order valence-corrected chi connectivity index (χ2v) is 3.08. The summed E-state index contributed by atoms with van der Waals surface area (Å²) in [6, 6.07) is 0.0221. The Kier molecular flexibility index (Phi) is 3.68. The van der Waals surface area contributed by atoms with Crippen LogP contribution in [-0.4, -0.2) is 54.9 Å². The van der Waals surface area contributed by atoms with E-state index in [9.17, 15) is 4.79 Å². The van der Waals surface area contributed by atoms with Crippen molar-refractivity contribution in [1.29, 1.82) is 0 Å².